The van der Waals surface area contributed by atoms with Crippen molar-refractivity contribution < 1.29 is 9.53 Å². The smallest absolute Gasteiger partial charge is 0.308 e. The third-order valence-electron chi connectivity index (χ3n) is 10.9. The van der Waals surface area contributed by atoms with Crippen molar-refractivity contribution in [1.82, 2.24) is 0 Å². The van der Waals surface area contributed by atoms with E-state index in [1.165, 1.54) is 238 Å². The van der Waals surface area contributed by atoms with E-state index in [9.17, 15) is 4.79 Å². The molecule has 0 N–H and O–H groups in total. The molecule has 0 radical (unpaired) electrons. The second-order valence-corrected chi connectivity index (χ2v) is 15.8. The molecule has 0 amide bonds. The summed E-state index contributed by atoms with van der Waals surface area (Å²) in [6, 6.07) is 0. The fourth-order valence-electron chi connectivity index (χ4n) is 7.43. The number of hydrogen-bond acceptors (Lipinski definition) is 2. The molecule has 0 spiro atoms. The van der Waals surface area contributed by atoms with Crippen LogP contribution in [0.1, 0.15) is 278 Å². The summed E-state index contributed by atoms with van der Waals surface area (Å²) in [6.07, 6.45) is 54.3. The summed E-state index contributed by atoms with van der Waals surface area (Å²) in [5, 5.41) is 0. The van der Waals surface area contributed by atoms with Gasteiger partial charge in [-0.3, -0.25) is 4.79 Å². The number of unbranched alkanes of at least 4 members (excludes halogenated alkanes) is 35. The van der Waals surface area contributed by atoms with Gasteiger partial charge in [-0.25, -0.2) is 0 Å². The van der Waals surface area contributed by atoms with E-state index in [1.54, 1.807) is 0 Å². The lowest BCUT2D eigenvalue weighted by Gasteiger charge is -2.16. The summed E-state index contributed by atoms with van der Waals surface area (Å²) >= 11 is 0. The van der Waals surface area contributed by atoms with Crippen LogP contribution in [-0.2, 0) is 9.53 Å². The van der Waals surface area contributed by atoms with Gasteiger partial charge in [0.05, 0.1) is 12.5 Å². The van der Waals surface area contributed by atoms with Gasteiger partial charge in [0, 0.05) is 0 Å². The van der Waals surface area contributed by atoms with E-state index in [0.717, 1.165) is 19.3 Å². The molecule has 1 atom stereocenters. The third-order valence-corrected chi connectivity index (χ3v) is 10.9. The van der Waals surface area contributed by atoms with Crippen LogP contribution in [0.15, 0.2) is 0 Å². The zero-order valence-electron chi connectivity index (χ0n) is 33.9. The van der Waals surface area contributed by atoms with Gasteiger partial charge in [-0.05, 0) is 19.3 Å². The van der Waals surface area contributed by atoms with Crippen molar-refractivity contribution in [3.63, 3.8) is 0 Å². The highest BCUT2D eigenvalue weighted by atomic mass is 16.5. The molecule has 0 aliphatic rings. The van der Waals surface area contributed by atoms with Crippen LogP contribution in [0.4, 0.5) is 0 Å². The van der Waals surface area contributed by atoms with Gasteiger partial charge in [0.15, 0.2) is 0 Å². The fourth-order valence-corrected chi connectivity index (χ4v) is 7.43. The third kappa shape index (κ3) is 38.3. The van der Waals surface area contributed by atoms with Crippen molar-refractivity contribution in [1.29, 1.82) is 0 Å². The standard InChI is InChI=1S/C46H92O2/c1-4-7-10-13-16-19-21-23-25-26-28-30-32-34-37-40-43-45(46(47)48-44-41-38-35-18-15-12-9-6-3)42-39-36-33-31-29-27-24-22-20-17-14-11-8-5-2/h45H,4-44H2,1-3H3. The first kappa shape index (κ1) is 47.5. The average Bonchev–Trinajstić information content (AvgIpc) is 3.09. The molecule has 1 unspecified atom stereocenters. The molecule has 0 aromatic heterocycles. The van der Waals surface area contributed by atoms with E-state index >= 15 is 0 Å². The van der Waals surface area contributed by atoms with Crippen LogP contribution in [0.2, 0.25) is 0 Å². The van der Waals surface area contributed by atoms with Crippen LogP contribution < -0.4 is 0 Å². The molecule has 0 aromatic rings. The van der Waals surface area contributed by atoms with Gasteiger partial charge in [-0.2, -0.15) is 0 Å². The lowest BCUT2D eigenvalue weighted by atomic mass is 9.94. The van der Waals surface area contributed by atoms with E-state index < -0.39 is 0 Å². The highest BCUT2D eigenvalue weighted by Crippen LogP contribution is 2.22. The number of carbonyl (C=O) groups is 1. The molecule has 48 heavy (non-hydrogen) atoms. The Kier molecular flexibility index (Phi) is 42.2. The Morgan fingerprint density at radius 1 is 0.312 bits per heavy atom. The molecule has 0 aliphatic heterocycles. The molecule has 2 heteroatoms. The van der Waals surface area contributed by atoms with Gasteiger partial charge >= 0.3 is 5.97 Å². The van der Waals surface area contributed by atoms with E-state index in [4.69, 9.17) is 4.74 Å². The summed E-state index contributed by atoms with van der Waals surface area (Å²) < 4.78 is 5.86. The summed E-state index contributed by atoms with van der Waals surface area (Å²) in [5.74, 6) is 0.261. The highest BCUT2D eigenvalue weighted by molar-refractivity contribution is 5.72. The molecule has 0 fully saturated rings. The number of ether oxygens (including phenoxy) is 1. The first-order chi connectivity index (χ1) is 23.8. The molecule has 288 valence electrons. The first-order valence-electron chi connectivity index (χ1n) is 22.9. The lowest BCUT2D eigenvalue weighted by Crippen LogP contribution is -2.18. The maximum Gasteiger partial charge on any atom is 0.308 e. The molecule has 0 bridgehead atoms. The Labute approximate surface area is 304 Å². The minimum Gasteiger partial charge on any atom is -0.465 e. The minimum atomic E-state index is 0.119. The minimum absolute atomic E-state index is 0.119. The maximum absolute atomic E-state index is 13.1. The number of rotatable bonds is 42. The number of hydrogen-bond donors (Lipinski definition) is 0. The molecule has 0 aromatic carbocycles. The molecular formula is C46H92O2. The Morgan fingerprint density at radius 2 is 0.521 bits per heavy atom. The van der Waals surface area contributed by atoms with E-state index in [2.05, 4.69) is 20.8 Å². The molecule has 0 saturated heterocycles. The van der Waals surface area contributed by atoms with Gasteiger partial charge in [-0.1, -0.05) is 258 Å². The second kappa shape index (κ2) is 42.6. The fraction of sp³-hybridized carbons (Fsp3) is 0.978. The Morgan fingerprint density at radius 3 is 0.771 bits per heavy atom. The van der Waals surface area contributed by atoms with Gasteiger partial charge in [0.2, 0.25) is 0 Å². The van der Waals surface area contributed by atoms with Crippen molar-refractivity contribution in [2.45, 2.75) is 278 Å². The lowest BCUT2D eigenvalue weighted by molar-refractivity contribution is -0.149. The average molecular weight is 677 g/mol. The molecule has 0 heterocycles. The quantitative estimate of drug-likeness (QED) is 0.0475. The van der Waals surface area contributed by atoms with Crippen molar-refractivity contribution in [3.05, 3.63) is 0 Å². The maximum atomic E-state index is 13.1. The Hall–Kier alpha value is -0.530. The predicted molar refractivity (Wildman–Crippen MR) is 216 cm³/mol. The monoisotopic (exact) mass is 677 g/mol. The van der Waals surface area contributed by atoms with Crippen molar-refractivity contribution in [3.8, 4) is 0 Å². The molecule has 2 nitrogen and oxygen atoms in total. The van der Waals surface area contributed by atoms with E-state index in [0.29, 0.717) is 6.61 Å². The van der Waals surface area contributed by atoms with Gasteiger partial charge < -0.3 is 4.74 Å². The van der Waals surface area contributed by atoms with Crippen LogP contribution in [0, 0.1) is 5.92 Å². The molecule has 0 saturated carbocycles. The van der Waals surface area contributed by atoms with Crippen molar-refractivity contribution >= 4 is 5.97 Å². The van der Waals surface area contributed by atoms with Crippen LogP contribution in [0.25, 0.3) is 0 Å². The van der Waals surface area contributed by atoms with Crippen LogP contribution >= 0.6 is 0 Å². The summed E-state index contributed by atoms with van der Waals surface area (Å²) in [7, 11) is 0. The largest absolute Gasteiger partial charge is 0.465 e. The Balaban J connectivity index is 4.01. The summed E-state index contributed by atoms with van der Waals surface area (Å²) in [4.78, 5) is 13.1. The van der Waals surface area contributed by atoms with Crippen molar-refractivity contribution in [2.75, 3.05) is 6.61 Å². The zero-order chi connectivity index (χ0) is 34.9. The van der Waals surface area contributed by atoms with Gasteiger partial charge in [0.1, 0.15) is 0 Å². The Bertz CT molecular complexity index is 587. The van der Waals surface area contributed by atoms with Gasteiger partial charge in [0.25, 0.3) is 0 Å². The number of esters is 1. The topological polar surface area (TPSA) is 26.3 Å². The van der Waals surface area contributed by atoms with Crippen LogP contribution in [0.3, 0.4) is 0 Å². The normalized spacial score (nSPS) is 12.1. The first-order valence-corrected chi connectivity index (χ1v) is 22.9. The highest BCUT2D eigenvalue weighted by Gasteiger charge is 2.19. The SMILES string of the molecule is CCCCCCCCCCCCCCCCCCC(CCCCCCCCCCCCCCCC)C(=O)OCCCCCCCCCC. The van der Waals surface area contributed by atoms with E-state index in [1.807, 2.05) is 0 Å². The molecular weight excluding hydrogens is 585 g/mol. The van der Waals surface area contributed by atoms with Crippen LogP contribution in [-0.4, -0.2) is 12.6 Å². The van der Waals surface area contributed by atoms with Gasteiger partial charge in [-0.15, -0.1) is 0 Å². The van der Waals surface area contributed by atoms with E-state index in [-0.39, 0.29) is 11.9 Å². The second-order valence-electron chi connectivity index (χ2n) is 15.8. The molecule has 0 aliphatic carbocycles. The zero-order valence-corrected chi connectivity index (χ0v) is 33.9. The van der Waals surface area contributed by atoms with Crippen LogP contribution in [0.5, 0.6) is 0 Å². The predicted octanol–water partition coefficient (Wildman–Crippen LogP) is 16.8. The molecule has 0 rings (SSSR count). The summed E-state index contributed by atoms with van der Waals surface area (Å²) in [5.41, 5.74) is 0. The summed E-state index contributed by atoms with van der Waals surface area (Å²) in [6.45, 7) is 7.52. The number of carbonyl (C=O) groups excluding carboxylic acids is 1. The van der Waals surface area contributed by atoms with Crippen molar-refractivity contribution in [2.24, 2.45) is 5.92 Å².